The zero-order chi connectivity index (χ0) is 24.7. The minimum absolute atomic E-state index is 0.173. The summed E-state index contributed by atoms with van der Waals surface area (Å²) in [6.07, 6.45) is 2.13. The molecule has 0 saturated heterocycles. The summed E-state index contributed by atoms with van der Waals surface area (Å²) in [4.78, 5) is 3.69. The zero-order valence-corrected chi connectivity index (χ0v) is 20.7. The van der Waals surface area contributed by atoms with E-state index in [-0.39, 0.29) is 6.54 Å². The molecule has 0 aromatic heterocycles. The van der Waals surface area contributed by atoms with Crippen molar-refractivity contribution in [3.05, 3.63) is 99.8 Å². The SMILES string of the molecule is Cc1ccccc1N/C=C(\N)CN(C)c1ccccc1N(C=N)CC(O)c1ccc(Cl)c(Cl)c1. The van der Waals surface area contributed by atoms with Crippen molar-refractivity contribution in [1.29, 1.82) is 5.41 Å². The third-order valence-corrected chi connectivity index (χ3v) is 6.17. The van der Waals surface area contributed by atoms with Gasteiger partial charge in [0.15, 0.2) is 0 Å². The van der Waals surface area contributed by atoms with Crippen LogP contribution in [-0.2, 0) is 0 Å². The molecule has 3 aromatic carbocycles. The van der Waals surface area contributed by atoms with Gasteiger partial charge in [0, 0.05) is 24.6 Å². The molecule has 0 amide bonds. The Kier molecular flexibility index (Phi) is 8.82. The highest BCUT2D eigenvalue weighted by Crippen LogP contribution is 2.31. The van der Waals surface area contributed by atoms with Gasteiger partial charge in [0.25, 0.3) is 0 Å². The van der Waals surface area contributed by atoms with E-state index in [1.54, 1.807) is 29.3 Å². The minimum atomic E-state index is -0.863. The van der Waals surface area contributed by atoms with Gasteiger partial charge in [0.2, 0.25) is 0 Å². The molecule has 5 N–H and O–H groups in total. The number of nitrogens with zero attached hydrogens (tertiary/aromatic N) is 2. The molecule has 0 aliphatic heterocycles. The van der Waals surface area contributed by atoms with Crippen LogP contribution in [0.15, 0.2) is 78.6 Å². The van der Waals surface area contributed by atoms with E-state index < -0.39 is 6.10 Å². The Morgan fingerprint density at radius 3 is 2.41 bits per heavy atom. The first kappa shape index (κ1) is 25.4. The van der Waals surface area contributed by atoms with Crippen LogP contribution in [0.3, 0.4) is 0 Å². The highest BCUT2D eigenvalue weighted by Gasteiger charge is 2.18. The molecule has 3 aromatic rings. The Morgan fingerprint density at radius 2 is 1.74 bits per heavy atom. The summed E-state index contributed by atoms with van der Waals surface area (Å²) in [5, 5.41) is 22.8. The van der Waals surface area contributed by atoms with Crippen LogP contribution in [0.2, 0.25) is 10.0 Å². The summed E-state index contributed by atoms with van der Waals surface area (Å²) in [7, 11) is 1.94. The van der Waals surface area contributed by atoms with Crippen molar-refractivity contribution in [2.24, 2.45) is 5.73 Å². The maximum absolute atomic E-state index is 10.8. The van der Waals surface area contributed by atoms with Gasteiger partial charge in [-0.3, -0.25) is 5.41 Å². The van der Waals surface area contributed by atoms with Crippen molar-refractivity contribution in [2.45, 2.75) is 13.0 Å². The van der Waals surface area contributed by atoms with Crippen molar-refractivity contribution < 1.29 is 5.11 Å². The van der Waals surface area contributed by atoms with E-state index in [1.165, 1.54) is 6.34 Å². The average molecular weight is 498 g/mol. The van der Waals surface area contributed by atoms with E-state index in [0.717, 1.165) is 22.6 Å². The maximum atomic E-state index is 10.8. The fraction of sp³-hybridized carbons (Fsp3) is 0.192. The second kappa shape index (κ2) is 11.8. The fourth-order valence-corrected chi connectivity index (χ4v) is 3.88. The number of halogens is 2. The van der Waals surface area contributed by atoms with Gasteiger partial charge in [-0.15, -0.1) is 0 Å². The summed E-state index contributed by atoms with van der Waals surface area (Å²) >= 11 is 12.1. The number of rotatable bonds is 10. The molecule has 1 atom stereocenters. The van der Waals surface area contributed by atoms with Gasteiger partial charge in [-0.2, -0.15) is 0 Å². The molecule has 0 bridgehead atoms. The molecule has 1 unspecified atom stereocenters. The minimum Gasteiger partial charge on any atom is -0.399 e. The quantitative estimate of drug-likeness (QED) is 0.210. The summed E-state index contributed by atoms with van der Waals surface area (Å²) in [6.45, 7) is 2.68. The first-order chi connectivity index (χ1) is 16.3. The van der Waals surface area contributed by atoms with Crippen molar-refractivity contribution in [3.8, 4) is 0 Å². The molecule has 0 aliphatic rings. The van der Waals surface area contributed by atoms with Gasteiger partial charge in [-0.25, -0.2) is 0 Å². The molecule has 0 radical (unpaired) electrons. The van der Waals surface area contributed by atoms with Gasteiger partial charge in [0.1, 0.15) is 0 Å². The van der Waals surface area contributed by atoms with Crippen molar-refractivity contribution >= 4 is 46.6 Å². The third kappa shape index (κ3) is 6.44. The molecule has 0 saturated carbocycles. The van der Waals surface area contributed by atoms with E-state index in [9.17, 15) is 5.11 Å². The number of nitrogens with two attached hydrogens (primary N) is 1. The number of aryl methyl sites for hydroxylation is 1. The van der Waals surface area contributed by atoms with Crippen molar-refractivity contribution in [1.82, 2.24) is 0 Å². The van der Waals surface area contributed by atoms with Crippen molar-refractivity contribution in [2.75, 3.05) is 35.3 Å². The molecule has 34 heavy (non-hydrogen) atoms. The number of likely N-dealkylation sites (N-methyl/N-ethyl adjacent to an activating group) is 1. The van der Waals surface area contributed by atoms with E-state index >= 15 is 0 Å². The van der Waals surface area contributed by atoms with Gasteiger partial charge >= 0.3 is 0 Å². The van der Waals surface area contributed by atoms with E-state index in [2.05, 4.69) is 5.32 Å². The fourth-order valence-electron chi connectivity index (χ4n) is 3.57. The van der Waals surface area contributed by atoms with Crippen LogP contribution in [0, 0.1) is 12.3 Å². The second-order valence-corrected chi connectivity index (χ2v) is 8.81. The molecule has 8 heteroatoms. The number of aliphatic hydroxyl groups excluding tert-OH is 1. The zero-order valence-electron chi connectivity index (χ0n) is 19.2. The average Bonchev–Trinajstić information content (AvgIpc) is 2.83. The van der Waals surface area contributed by atoms with E-state index in [1.807, 2.05) is 67.4 Å². The summed E-state index contributed by atoms with van der Waals surface area (Å²) in [5.41, 5.74) is 11.3. The molecule has 6 nitrogen and oxygen atoms in total. The normalized spacial score (nSPS) is 12.2. The molecular formula is C26H29Cl2N5O. The summed E-state index contributed by atoms with van der Waals surface area (Å²) < 4.78 is 0. The molecule has 0 fully saturated rings. The van der Waals surface area contributed by atoms with Gasteiger partial charge in [-0.1, -0.05) is 59.6 Å². The molecular weight excluding hydrogens is 469 g/mol. The van der Waals surface area contributed by atoms with Crippen LogP contribution < -0.4 is 20.9 Å². The topological polar surface area (TPSA) is 88.6 Å². The lowest BCUT2D eigenvalue weighted by molar-refractivity contribution is 0.187. The standard InChI is InChI=1S/C26H29Cl2N5O/c1-18-7-3-4-8-23(18)31-14-20(30)15-32(2)24-9-5-6-10-25(24)33(17-29)16-26(34)19-11-12-21(27)22(28)13-19/h3-14,17,26,29,31,34H,15-16,30H2,1-2H3/b20-14-,29-17?. The monoisotopic (exact) mass is 497 g/mol. The van der Waals surface area contributed by atoms with Gasteiger partial charge < -0.3 is 26.0 Å². The Hall–Kier alpha value is -3.19. The highest BCUT2D eigenvalue weighted by molar-refractivity contribution is 6.42. The third-order valence-electron chi connectivity index (χ3n) is 5.43. The highest BCUT2D eigenvalue weighted by atomic mass is 35.5. The number of nitrogens with one attached hydrogen (secondary N) is 2. The van der Waals surface area contributed by atoms with Gasteiger partial charge in [-0.05, 0) is 48.4 Å². The van der Waals surface area contributed by atoms with Crippen LogP contribution >= 0.6 is 23.2 Å². The van der Waals surface area contributed by atoms with Crippen LogP contribution in [0.4, 0.5) is 17.1 Å². The van der Waals surface area contributed by atoms with Crippen LogP contribution in [0.1, 0.15) is 17.2 Å². The molecule has 0 aliphatic carbocycles. The smallest absolute Gasteiger partial charge is 0.0970 e. The lowest BCUT2D eigenvalue weighted by Gasteiger charge is -2.29. The van der Waals surface area contributed by atoms with Crippen molar-refractivity contribution in [3.63, 3.8) is 0 Å². The number of anilines is 3. The summed E-state index contributed by atoms with van der Waals surface area (Å²) in [6, 6.07) is 20.7. The largest absolute Gasteiger partial charge is 0.399 e. The number of hydrogen-bond acceptors (Lipinski definition) is 5. The number of hydrogen-bond donors (Lipinski definition) is 4. The van der Waals surface area contributed by atoms with E-state index in [0.29, 0.717) is 27.9 Å². The first-order valence-electron chi connectivity index (χ1n) is 10.8. The van der Waals surface area contributed by atoms with Crippen LogP contribution in [0.25, 0.3) is 0 Å². The molecule has 0 spiro atoms. The van der Waals surface area contributed by atoms with Crippen LogP contribution in [-0.4, -0.2) is 31.6 Å². The molecule has 3 rings (SSSR count). The lowest BCUT2D eigenvalue weighted by Crippen LogP contribution is -2.30. The Balaban J connectivity index is 1.74. The Labute approximate surface area is 210 Å². The number of aliphatic hydroxyl groups is 1. The lowest BCUT2D eigenvalue weighted by atomic mass is 10.1. The second-order valence-electron chi connectivity index (χ2n) is 7.99. The summed E-state index contributed by atoms with van der Waals surface area (Å²) in [5.74, 6) is 0. The van der Waals surface area contributed by atoms with E-state index in [4.69, 9.17) is 34.3 Å². The van der Waals surface area contributed by atoms with Crippen LogP contribution in [0.5, 0.6) is 0 Å². The first-order valence-corrected chi connectivity index (χ1v) is 11.5. The Bertz CT molecular complexity index is 1170. The predicted molar refractivity (Wildman–Crippen MR) is 144 cm³/mol. The Morgan fingerprint density at radius 1 is 1.06 bits per heavy atom. The van der Waals surface area contributed by atoms with Gasteiger partial charge in [0.05, 0.1) is 47.0 Å². The maximum Gasteiger partial charge on any atom is 0.0970 e. The number of benzene rings is 3. The predicted octanol–water partition coefficient (Wildman–Crippen LogP) is 5.80. The molecule has 178 valence electrons. The number of para-hydroxylation sites is 3. The molecule has 0 heterocycles.